The molecule has 0 spiro atoms. The summed E-state index contributed by atoms with van der Waals surface area (Å²) in [6, 6.07) is 15.5. The van der Waals surface area contributed by atoms with Gasteiger partial charge in [0, 0.05) is 37.0 Å². The second kappa shape index (κ2) is 22.6. The fourth-order valence-corrected chi connectivity index (χ4v) is 16.5. The van der Waals surface area contributed by atoms with Gasteiger partial charge in [0.2, 0.25) is 0 Å². The lowest BCUT2D eigenvalue weighted by Gasteiger charge is -2.00. The van der Waals surface area contributed by atoms with E-state index in [1.54, 1.807) is 17.8 Å². The molecule has 0 radical (unpaired) electrons. The Morgan fingerprint density at radius 2 is 0.860 bits per heavy atom. The molecule has 258 valence electrons. The zero-order valence-corrected chi connectivity index (χ0v) is 37.6. The zero-order chi connectivity index (χ0) is 34.8. The molecule has 0 aliphatic carbocycles. The molecule has 0 N–H and O–H groups in total. The fraction of sp³-hybridized carbons (Fsp3) is 0.200. The normalized spacial score (nSPS) is 17.6. The van der Waals surface area contributed by atoms with Crippen LogP contribution >= 0.6 is 139 Å². The Morgan fingerprint density at radius 1 is 0.480 bits per heavy atom. The van der Waals surface area contributed by atoms with Gasteiger partial charge in [0.15, 0.2) is 0 Å². The van der Waals surface area contributed by atoms with E-state index in [-0.39, 0.29) is 14.9 Å². The van der Waals surface area contributed by atoms with Gasteiger partial charge in [-0.1, -0.05) is 151 Å². The number of allylic oxidation sites excluding steroid dienone is 6. The third kappa shape index (κ3) is 13.3. The molecule has 6 rings (SSSR count). The van der Waals surface area contributed by atoms with E-state index in [1.165, 1.54) is 47.3 Å². The first-order chi connectivity index (χ1) is 23.0. The van der Waals surface area contributed by atoms with Crippen molar-refractivity contribution in [2.75, 3.05) is 0 Å². The molecule has 2 aromatic carbocycles. The molecule has 2 aromatic rings. The fourth-order valence-electron chi connectivity index (χ4n) is 3.61. The van der Waals surface area contributed by atoms with E-state index >= 15 is 0 Å². The predicted molar refractivity (Wildman–Crippen MR) is 261 cm³/mol. The molecule has 0 nitrogen and oxygen atoms in total. The molecule has 4 aliphatic heterocycles. The van der Waals surface area contributed by atoms with Crippen molar-refractivity contribution in [3.63, 3.8) is 0 Å². The molecule has 0 saturated heterocycles. The Hall–Kier alpha value is -0.620. The van der Waals surface area contributed by atoms with E-state index in [2.05, 4.69) is 115 Å². The van der Waals surface area contributed by atoms with Crippen LogP contribution in [-0.2, 0) is 0 Å². The first-order valence-electron chi connectivity index (χ1n) is 14.1. The van der Waals surface area contributed by atoms with Gasteiger partial charge in [-0.2, -0.15) is 0 Å². The van der Waals surface area contributed by atoms with Crippen LogP contribution in [0.3, 0.4) is 0 Å². The van der Waals surface area contributed by atoms with Crippen molar-refractivity contribution in [2.24, 2.45) is 0 Å². The summed E-state index contributed by atoms with van der Waals surface area (Å²) in [5.74, 6) is 17.7. The maximum Gasteiger partial charge on any atom is 0.0726 e. The average molecular weight is 1030 g/mol. The Balaban J connectivity index is 0.000000283. The summed E-state index contributed by atoms with van der Waals surface area (Å²) in [5.41, 5.74) is 3.69. The van der Waals surface area contributed by atoms with Gasteiger partial charge in [-0.05, 0) is 133 Å². The minimum Gasteiger partial charge on any atom is -0.115 e. The molecule has 0 amide bonds. The Morgan fingerprint density at radius 3 is 1.30 bits per heavy atom. The number of hydrogen-bond acceptors (Lipinski definition) is 8. The van der Waals surface area contributed by atoms with E-state index in [4.69, 9.17) is 12.8 Å². The molecule has 4 aliphatic rings. The Labute approximate surface area is 362 Å². The van der Waals surface area contributed by atoms with Crippen LogP contribution < -0.4 is 0 Å². The maximum absolute atomic E-state index is 5.15. The molecule has 0 bridgehead atoms. The van der Waals surface area contributed by atoms with Crippen LogP contribution in [-0.4, -0.2) is 0 Å². The van der Waals surface area contributed by atoms with Crippen LogP contribution in [0.2, 0.25) is 0 Å². The van der Waals surface area contributed by atoms with E-state index in [1.807, 2.05) is 132 Å². The molecule has 0 unspecified atom stereocenters. The van der Waals surface area contributed by atoms with Crippen LogP contribution in [0, 0.1) is 48.4 Å². The second-order valence-corrected chi connectivity index (χ2v) is 23.5. The van der Waals surface area contributed by atoms with E-state index in [9.17, 15) is 0 Å². The highest BCUT2D eigenvalue weighted by Gasteiger charge is 2.26. The van der Waals surface area contributed by atoms with Crippen molar-refractivity contribution in [2.45, 2.75) is 56.4 Å². The molecule has 0 saturated carbocycles. The van der Waals surface area contributed by atoms with Gasteiger partial charge in [0.25, 0.3) is 0 Å². The lowest BCUT2D eigenvalue weighted by atomic mass is 10.1. The van der Waals surface area contributed by atoms with Gasteiger partial charge >= 0.3 is 0 Å². The summed E-state index contributed by atoms with van der Waals surface area (Å²) in [7, 11) is 0. The minimum absolute atomic E-state index is 0. The summed E-state index contributed by atoms with van der Waals surface area (Å²) >= 11 is 19.9. The van der Waals surface area contributed by atoms with Gasteiger partial charge in [-0.3, -0.25) is 0 Å². The second-order valence-electron chi connectivity index (χ2n) is 9.70. The Kier molecular flexibility index (Phi) is 20.5. The minimum atomic E-state index is 0. The van der Waals surface area contributed by atoms with Crippen LogP contribution in [0.1, 0.15) is 78.6 Å². The number of benzene rings is 2. The van der Waals surface area contributed by atoms with Crippen molar-refractivity contribution >= 4 is 139 Å². The molecular formula is C40H36I2S8. The van der Waals surface area contributed by atoms with Crippen LogP contribution in [0.25, 0.3) is 0 Å². The van der Waals surface area contributed by atoms with Crippen molar-refractivity contribution < 1.29 is 0 Å². The highest BCUT2D eigenvalue weighted by molar-refractivity contribution is 14.1. The summed E-state index contributed by atoms with van der Waals surface area (Å²) in [4.78, 5) is 8.17. The van der Waals surface area contributed by atoms with Gasteiger partial charge in [-0.25, -0.2) is 0 Å². The Bertz CT molecular complexity index is 1930. The maximum atomic E-state index is 5.15. The van der Waals surface area contributed by atoms with Crippen molar-refractivity contribution in [1.29, 1.82) is 0 Å². The summed E-state index contributed by atoms with van der Waals surface area (Å²) in [6.07, 6.45) is 10.3. The van der Waals surface area contributed by atoms with E-state index < -0.39 is 0 Å². The third-order valence-corrected chi connectivity index (χ3v) is 20.8. The summed E-state index contributed by atoms with van der Waals surface area (Å²) in [5, 5.41) is 0. The van der Waals surface area contributed by atoms with Crippen molar-refractivity contribution in [3.8, 4) is 48.4 Å². The van der Waals surface area contributed by atoms with E-state index in [0.717, 1.165) is 27.2 Å². The number of halogens is 2. The smallest absolute Gasteiger partial charge is 0.0726 e. The topological polar surface area (TPSA) is 0 Å². The van der Waals surface area contributed by atoms with Crippen LogP contribution in [0.4, 0.5) is 0 Å². The van der Waals surface area contributed by atoms with Gasteiger partial charge in [0.05, 0.1) is 27.7 Å². The lowest BCUT2D eigenvalue weighted by Crippen LogP contribution is -1.78. The SMILES string of the molecule is C.C.C#Cc1cccc(C#C)c1.CC#Cc1cccc(C#CC2=C(C)SC(=C3SC(C)=C(C)S3)S2)c1.CC1=C(I)S/C(=C2\SC(C)=C(I)S2)S1. The monoisotopic (exact) mass is 1030 g/mol. The molecule has 0 atom stereocenters. The highest BCUT2D eigenvalue weighted by atomic mass is 127. The molecule has 0 fully saturated rings. The third-order valence-electron chi connectivity index (χ3n) is 6.14. The number of rotatable bonds is 0. The first-order valence-corrected chi connectivity index (χ1v) is 22.8. The van der Waals surface area contributed by atoms with Gasteiger partial charge in [-0.15, -0.1) is 18.8 Å². The van der Waals surface area contributed by atoms with Crippen LogP contribution in [0.15, 0.2) is 101 Å². The van der Waals surface area contributed by atoms with Gasteiger partial charge < -0.3 is 0 Å². The molecular weight excluding hydrogens is 991 g/mol. The highest BCUT2D eigenvalue weighted by Crippen LogP contribution is 2.62. The van der Waals surface area contributed by atoms with Crippen LogP contribution in [0.5, 0.6) is 0 Å². The lowest BCUT2D eigenvalue weighted by molar-refractivity contribution is 1.57. The molecule has 4 heterocycles. The number of thioether (sulfide) groups is 8. The summed E-state index contributed by atoms with van der Waals surface area (Å²) < 4.78 is 8.55. The first kappa shape index (κ1) is 45.5. The number of terminal acetylenes is 2. The molecule has 10 heteroatoms. The average Bonchev–Trinajstić information content (AvgIpc) is 3.83. The molecule has 0 aromatic heterocycles. The predicted octanol–water partition coefficient (Wildman–Crippen LogP) is 16.2. The van der Waals surface area contributed by atoms with Crippen molar-refractivity contribution in [3.05, 3.63) is 123 Å². The summed E-state index contributed by atoms with van der Waals surface area (Å²) in [6.45, 7) is 12.8. The largest absolute Gasteiger partial charge is 0.115 e. The van der Waals surface area contributed by atoms with E-state index in [0.29, 0.717) is 0 Å². The molecule has 50 heavy (non-hydrogen) atoms. The van der Waals surface area contributed by atoms with Crippen molar-refractivity contribution in [1.82, 2.24) is 0 Å². The number of hydrogen-bond donors (Lipinski definition) is 0. The standard InChI is InChI=1S/C20H16S4.C10H6.C8H6I2S4.2CH4/c1-5-7-16-8-6-9-17(12-16)10-11-18-15(4)23-20(24-18)19-21-13(2)14(3)22-19;1-3-9-6-5-7-10(4-2)8-9;1-3-5(9)13-7(11-3)8-12-4(2)6(10)14-8;;/h6,8-9,12H,1-4H3;1-2,5-8H;1-2H3;2*1H4/b;;8-7+;;. The zero-order valence-electron chi connectivity index (χ0n) is 26.8. The quantitative estimate of drug-likeness (QED) is 0.187. The van der Waals surface area contributed by atoms with Gasteiger partial charge in [0.1, 0.15) is 0 Å².